The Bertz CT molecular complexity index is 974. The van der Waals surface area contributed by atoms with Gasteiger partial charge in [0.05, 0.1) is 11.8 Å². The predicted molar refractivity (Wildman–Crippen MR) is 109 cm³/mol. The van der Waals surface area contributed by atoms with E-state index in [1.165, 1.54) is 4.90 Å². The maximum absolute atomic E-state index is 13.5. The molecule has 2 fully saturated rings. The lowest BCUT2D eigenvalue weighted by Gasteiger charge is -2.31. The minimum Gasteiger partial charge on any atom is -0.481 e. The summed E-state index contributed by atoms with van der Waals surface area (Å²) in [5, 5.41) is 15.4. The fourth-order valence-electron chi connectivity index (χ4n) is 5.29. The highest BCUT2D eigenvalue weighted by molar-refractivity contribution is 6.15. The van der Waals surface area contributed by atoms with Crippen molar-refractivity contribution in [1.82, 2.24) is 10.2 Å². The van der Waals surface area contributed by atoms with Gasteiger partial charge in [0.25, 0.3) is 0 Å². The molecule has 0 aliphatic carbocycles. The third kappa shape index (κ3) is 2.56. The van der Waals surface area contributed by atoms with E-state index < -0.39 is 29.4 Å². The van der Waals surface area contributed by atoms with Gasteiger partial charge in [-0.25, -0.2) is 0 Å². The summed E-state index contributed by atoms with van der Waals surface area (Å²) in [6, 6.07) is 2.89. The van der Waals surface area contributed by atoms with Crippen molar-refractivity contribution in [3.63, 3.8) is 0 Å². The number of anilines is 1. The summed E-state index contributed by atoms with van der Waals surface area (Å²) in [4.78, 5) is 52.7. The van der Waals surface area contributed by atoms with Crippen LogP contribution < -0.4 is 10.6 Å². The molecule has 30 heavy (non-hydrogen) atoms. The summed E-state index contributed by atoms with van der Waals surface area (Å²) in [5.74, 6) is -3.65. The van der Waals surface area contributed by atoms with Crippen LogP contribution in [0.15, 0.2) is 12.1 Å². The first-order valence-corrected chi connectivity index (χ1v) is 10.4. The number of nitrogens with zero attached hydrogens (tertiary/aromatic N) is 1. The maximum atomic E-state index is 13.5. The number of amides is 3. The number of rotatable bonds is 5. The molecule has 1 aromatic carbocycles. The summed E-state index contributed by atoms with van der Waals surface area (Å²) in [5.41, 5.74) is 1.90. The van der Waals surface area contributed by atoms with Crippen LogP contribution in [0, 0.1) is 25.7 Å². The zero-order chi connectivity index (χ0) is 22.0. The molecule has 3 aliphatic rings. The summed E-state index contributed by atoms with van der Waals surface area (Å²) >= 11 is 0. The average molecular weight is 413 g/mol. The fraction of sp³-hybridized carbons (Fsp3) is 0.545. The minimum atomic E-state index is -1.36. The Kier molecular flexibility index (Phi) is 4.73. The van der Waals surface area contributed by atoms with Gasteiger partial charge in [0.1, 0.15) is 5.54 Å². The molecule has 0 saturated carbocycles. The molecule has 2 saturated heterocycles. The number of aliphatic carboxylic acids is 1. The quantitative estimate of drug-likeness (QED) is 0.633. The highest BCUT2D eigenvalue weighted by Crippen LogP contribution is 2.54. The lowest BCUT2D eigenvalue weighted by molar-refractivity contribution is -0.145. The lowest BCUT2D eigenvalue weighted by Crippen LogP contribution is -2.54. The number of carboxylic acid groups (broad SMARTS) is 1. The van der Waals surface area contributed by atoms with Gasteiger partial charge in [-0.1, -0.05) is 19.1 Å². The van der Waals surface area contributed by atoms with E-state index in [0.717, 1.165) is 11.1 Å². The number of nitrogens with one attached hydrogen (secondary N) is 2. The van der Waals surface area contributed by atoms with Crippen molar-refractivity contribution < 1.29 is 24.3 Å². The Hall–Kier alpha value is -2.74. The number of likely N-dealkylation sites (tertiary alicyclic amines) is 1. The van der Waals surface area contributed by atoms with Crippen molar-refractivity contribution >= 4 is 29.4 Å². The van der Waals surface area contributed by atoms with Gasteiger partial charge in [-0.3, -0.25) is 29.4 Å². The van der Waals surface area contributed by atoms with Gasteiger partial charge >= 0.3 is 5.97 Å². The molecule has 3 amide bonds. The van der Waals surface area contributed by atoms with E-state index in [2.05, 4.69) is 10.6 Å². The van der Waals surface area contributed by atoms with Gasteiger partial charge < -0.3 is 10.4 Å². The Labute approximate surface area is 175 Å². The minimum absolute atomic E-state index is 0.150. The predicted octanol–water partition coefficient (Wildman–Crippen LogP) is 1.69. The molecule has 3 N–H and O–H groups in total. The van der Waals surface area contributed by atoms with Gasteiger partial charge in [-0.05, 0) is 44.7 Å². The van der Waals surface area contributed by atoms with Gasteiger partial charge in [-0.15, -0.1) is 0 Å². The van der Waals surface area contributed by atoms with Crippen LogP contribution in [0.25, 0.3) is 0 Å². The maximum Gasteiger partial charge on any atom is 0.303 e. The first-order valence-electron chi connectivity index (χ1n) is 10.4. The molecule has 0 unspecified atom stereocenters. The van der Waals surface area contributed by atoms with E-state index >= 15 is 0 Å². The number of carbonyl (C=O) groups excluding carboxylic acids is 3. The van der Waals surface area contributed by atoms with E-state index in [1.54, 1.807) is 0 Å². The largest absolute Gasteiger partial charge is 0.481 e. The van der Waals surface area contributed by atoms with Crippen molar-refractivity contribution in [3.05, 3.63) is 28.8 Å². The molecule has 3 heterocycles. The fourth-order valence-corrected chi connectivity index (χ4v) is 5.29. The van der Waals surface area contributed by atoms with Crippen LogP contribution in [-0.2, 0) is 24.7 Å². The van der Waals surface area contributed by atoms with E-state index in [9.17, 15) is 24.3 Å². The molecule has 160 valence electrons. The van der Waals surface area contributed by atoms with Crippen LogP contribution >= 0.6 is 0 Å². The first kappa shape index (κ1) is 20.5. The summed E-state index contributed by atoms with van der Waals surface area (Å²) in [6.07, 6.45) is 0.625. The second-order valence-corrected chi connectivity index (χ2v) is 8.68. The summed E-state index contributed by atoms with van der Waals surface area (Å²) in [6.45, 7) is 7.58. The zero-order valence-corrected chi connectivity index (χ0v) is 17.6. The standard InChI is InChI=1S/C22H27N3O5/c1-5-11(3)25-19(28)16-14(8-9-15(26)27)24-22(17(16)20(25)29)13-7-6-10(2)12(4)18(13)23-21(22)30/h6-7,11,14,16-17,24H,5,8-9H2,1-4H3,(H,23,30)(H,26,27)/t11-,14-,16+,17-,22-/m0/s1. The van der Waals surface area contributed by atoms with Gasteiger partial charge in [0, 0.05) is 29.8 Å². The molecule has 0 aromatic heterocycles. The Morgan fingerprint density at radius 2 is 1.93 bits per heavy atom. The van der Waals surface area contributed by atoms with E-state index in [-0.39, 0.29) is 36.6 Å². The second kappa shape index (κ2) is 6.91. The average Bonchev–Trinajstić information content (AvgIpc) is 3.28. The van der Waals surface area contributed by atoms with Crippen LogP contribution in [-0.4, -0.2) is 45.8 Å². The molecule has 5 atom stereocenters. The van der Waals surface area contributed by atoms with Gasteiger partial charge in [0.15, 0.2) is 0 Å². The SMILES string of the molecule is CC[C@H](C)N1C(=O)[C@@H]2[C@H](CCC(=O)O)N[C@]3(C(=O)Nc4c3ccc(C)c4C)[C@@H]2C1=O. The number of fused-ring (bicyclic) bond motifs is 4. The number of carboxylic acids is 1. The normalized spacial score (nSPS) is 30.6. The van der Waals surface area contributed by atoms with Crippen LogP contribution in [0.2, 0.25) is 0 Å². The number of benzene rings is 1. The first-order chi connectivity index (χ1) is 14.1. The van der Waals surface area contributed by atoms with Gasteiger partial charge in [0.2, 0.25) is 17.7 Å². The molecule has 3 aliphatic heterocycles. The third-order valence-electron chi connectivity index (χ3n) is 7.16. The number of hydrogen-bond acceptors (Lipinski definition) is 5. The lowest BCUT2D eigenvalue weighted by atomic mass is 9.76. The summed E-state index contributed by atoms with van der Waals surface area (Å²) < 4.78 is 0. The molecule has 4 rings (SSSR count). The van der Waals surface area contributed by atoms with Crippen molar-refractivity contribution in [3.8, 4) is 0 Å². The van der Waals surface area contributed by atoms with Crippen molar-refractivity contribution in [1.29, 1.82) is 0 Å². The Balaban J connectivity index is 1.87. The molecular weight excluding hydrogens is 386 g/mol. The molecule has 8 nitrogen and oxygen atoms in total. The second-order valence-electron chi connectivity index (χ2n) is 8.68. The van der Waals surface area contributed by atoms with Crippen LogP contribution in [0.5, 0.6) is 0 Å². The number of carbonyl (C=O) groups is 4. The third-order valence-corrected chi connectivity index (χ3v) is 7.16. The van der Waals surface area contributed by atoms with E-state index in [0.29, 0.717) is 17.7 Å². The highest BCUT2D eigenvalue weighted by Gasteiger charge is 2.70. The van der Waals surface area contributed by atoms with Crippen LogP contribution in [0.1, 0.15) is 49.8 Å². The highest BCUT2D eigenvalue weighted by atomic mass is 16.4. The van der Waals surface area contributed by atoms with Crippen molar-refractivity contribution in [2.24, 2.45) is 11.8 Å². The Morgan fingerprint density at radius 3 is 2.57 bits per heavy atom. The molecule has 0 bridgehead atoms. The smallest absolute Gasteiger partial charge is 0.303 e. The van der Waals surface area contributed by atoms with Crippen LogP contribution in [0.3, 0.4) is 0 Å². The molecule has 0 radical (unpaired) electrons. The molecule has 1 spiro atoms. The summed E-state index contributed by atoms with van der Waals surface area (Å²) in [7, 11) is 0. The topological polar surface area (TPSA) is 116 Å². The van der Waals surface area contributed by atoms with Crippen LogP contribution in [0.4, 0.5) is 5.69 Å². The van der Waals surface area contributed by atoms with Gasteiger partial charge in [-0.2, -0.15) is 0 Å². The Morgan fingerprint density at radius 1 is 1.23 bits per heavy atom. The number of imide groups is 1. The monoisotopic (exact) mass is 413 g/mol. The van der Waals surface area contributed by atoms with Crippen molar-refractivity contribution in [2.75, 3.05) is 5.32 Å². The number of aryl methyl sites for hydroxylation is 1. The van der Waals surface area contributed by atoms with Crippen molar-refractivity contribution in [2.45, 2.75) is 64.6 Å². The van der Waals surface area contributed by atoms with E-state index in [4.69, 9.17) is 0 Å². The molecular formula is C22H27N3O5. The number of hydrogen-bond donors (Lipinski definition) is 3. The molecule has 1 aromatic rings. The van der Waals surface area contributed by atoms with E-state index in [1.807, 2.05) is 39.8 Å². The zero-order valence-electron chi connectivity index (χ0n) is 17.6. The molecule has 8 heteroatoms.